The van der Waals surface area contributed by atoms with Gasteiger partial charge in [0, 0.05) is 0 Å². The molecule has 0 unspecified atom stereocenters. The van der Waals surface area contributed by atoms with E-state index >= 15 is 0 Å². The van der Waals surface area contributed by atoms with Gasteiger partial charge in [-0.15, -0.1) is 0 Å². The lowest BCUT2D eigenvalue weighted by Crippen LogP contribution is -2.18. The monoisotopic (exact) mass is 482 g/mol. The normalized spacial score (nSPS) is 10.6. The number of methoxy groups -OCH3 is 3. The van der Waals surface area contributed by atoms with Crippen molar-refractivity contribution in [2.75, 3.05) is 21.3 Å². The van der Waals surface area contributed by atoms with Gasteiger partial charge < -0.3 is 18.9 Å². The first kappa shape index (κ1) is 24.6. The molecule has 176 valence electrons. The molecule has 1 N–H and O–H groups in total. The van der Waals surface area contributed by atoms with Crippen LogP contribution in [0.3, 0.4) is 0 Å². The van der Waals surface area contributed by atoms with Crippen LogP contribution >= 0.6 is 11.6 Å². The summed E-state index contributed by atoms with van der Waals surface area (Å²) in [5, 5.41) is 4.11. The quantitative estimate of drug-likeness (QED) is 0.217. The van der Waals surface area contributed by atoms with Crippen molar-refractivity contribution < 1.29 is 28.5 Å². The number of ether oxygens (including phenoxy) is 4. The average Bonchev–Trinajstić information content (AvgIpc) is 2.85. The average molecular weight is 483 g/mol. The number of rotatable bonds is 8. The number of hydrazone groups is 1. The molecule has 3 aromatic rings. The van der Waals surface area contributed by atoms with Gasteiger partial charge in [0.15, 0.2) is 11.5 Å². The lowest BCUT2D eigenvalue weighted by molar-refractivity contribution is 0.0729. The first-order valence-corrected chi connectivity index (χ1v) is 10.5. The van der Waals surface area contributed by atoms with Crippen LogP contribution in [0.2, 0.25) is 5.02 Å². The Labute approximate surface area is 202 Å². The van der Waals surface area contributed by atoms with Crippen LogP contribution in [-0.4, -0.2) is 39.4 Å². The second-order valence-electron chi connectivity index (χ2n) is 7.05. The predicted octanol–water partition coefficient (Wildman–Crippen LogP) is 4.66. The molecule has 0 fully saturated rings. The maximum absolute atomic E-state index is 12.5. The summed E-state index contributed by atoms with van der Waals surface area (Å²) in [6.45, 7) is 1.90. The number of benzene rings is 3. The van der Waals surface area contributed by atoms with Gasteiger partial charge in [-0.3, -0.25) is 4.79 Å². The van der Waals surface area contributed by atoms with Crippen molar-refractivity contribution in [1.82, 2.24) is 5.43 Å². The highest BCUT2D eigenvalue weighted by molar-refractivity contribution is 6.32. The second kappa shape index (κ2) is 11.2. The molecule has 0 radical (unpaired) electrons. The predicted molar refractivity (Wildman–Crippen MR) is 129 cm³/mol. The molecule has 9 heteroatoms. The standard InChI is InChI=1S/C25H23ClN2O6/c1-15-5-10-19(21(11-15)32-3)24(29)28-27-14-16-12-20(26)23(22(13-16)33-4)34-25(30)17-6-8-18(31-2)9-7-17/h5-14H,1-4H3,(H,28,29)/b27-14-. The van der Waals surface area contributed by atoms with Crippen LogP contribution in [0.5, 0.6) is 23.0 Å². The summed E-state index contributed by atoms with van der Waals surface area (Å²) in [6.07, 6.45) is 1.39. The number of carbonyl (C=O) groups is 2. The van der Waals surface area contributed by atoms with Gasteiger partial charge in [0.1, 0.15) is 11.5 Å². The Morgan fingerprint density at radius 2 is 1.62 bits per heavy atom. The maximum Gasteiger partial charge on any atom is 0.343 e. The van der Waals surface area contributed by atoms with Gasteiger partial charge >= 0.3 is 5.97 Å². The van der Waals surface area contributed by atoms with Gasteiger partial charge in [-0.1, -0.05) is 17.7 Å². The van der Waals surface area contributed by atoms with E-state index in [1.54, 1.807) is 48.5 Å². The number of nitrogens with zero attached hydrogens (tertiary/aromatic N) is 1. The minimum atomic E-state index is -0.608. The molecule has 1 amide bonds. The molecular weight excluding hydrogens is 460 g/mol. The Balaban J connectivity index is 1.74. The molecule has 0 spiro atoms. The Morgan fingerprint density at radius 3 is 2.26 bits per heavy atom. The van der Waals surface area contributed by atoms with Crippen molar-refractivity contribution in [2.45, 2.75) is 6.92 Å². The third-order valence-electron chi connectivity index (χ3n) is 4.75. The molecule has 0 heterocycles. The van der Waals surface area contributed by atoms with Gasteiger partial charge in [-0.2, -0.15) is 5.10 Å². The van der Waals surface area contributed by atoms with E-state index in [0.29, 0.717) is 28.2 Å². The largest absolute Gasteiger partial charge is 0.497 e. The number of amides is 1. The fraction of sp³-hybridized carbons (Fsp3) is 0.160. The first-order valence-electron chi connectivity index (χ1n) is 10.1. The van der Waals surface area contributed by atoms with Crippen LogP contribution in [0.15, 0.2) is 59.7 Å². The fourth-order valence-corrected chi connectivity index (χ4v) is 3.26. The molecule has 0 saturated carbocycles. The summed E-state index contributed by atoms with van der Waals surface area (Å²) < 4.78 is 21.1. The Morgan fingerprint density at radius 1 is 0.912 bits per heavy atom. The van der Waals surface area contributed by atoms with E-state index in [1.807, 2.05) is 6.92 Å². The van der Waals surface area contributed by atoms with Gasteiger partial charge in [-0.05, 0) is 66.6 Å². The summed E-state index contributed by atoms with van der Waals surface area (Å²) in [6, 6.07) is 14.8. The molecule has 0 aliphatic carbocycles. The van der Waals surface area contributed by atoms with E-state index < -0.39 is 11.9 Å². The summed E-state index contributed by atoms with van der Waals surface area (Å²) >= 11 is 6.34. The van der Waals surface area contributed by atoms with E-state index in [-0.39, 0.29) is 16.5 Å². The number of esters is 1. The summed E-state index contributed by atoms with van der Waals surface area (Å²) in [5.41, 5.74) is 4.59. The van der Waals surface area contributed by atoms with E-state index in [4.69, 9.17) is 30.5 Å². The van der Waals surface area contributed by atoms with Gasteiger partial charge in [-0.25, -0.2) is 10.2 Å². The highest BCUT2D eigenvalue weighted by Crippen LogP contribution is 2.36. The number of halogens is 1. The van der Waals surface area contributed by atoms with Gasteiger partial charge in [0.25, 0.3) is 5.91 Å². The molecule has 0 atom stereocenters. The van der Waals surface area contributed by atoms with Crippen LogP contribution in [-0.2, 0) is 0 Å². The maximum atomic E-state index is 12.5. The van der Waals surface area contributed by atoms with E-state index in [2.05, 4.69) is 10.5 Å². The molecule has 34 heavy (non-hydrogen) atoms. The highest BCUT2D eigenvalue weighted by atomic mass is 35.5. The van der Waals surface area contributed by atoms with Crippen molar-refractivity contribution in [3.05, 3.63) is 81.9 Å². The smallest absolute Gasteiger partial charge is 0.343 e. The van der Waals surface area contributed by atoms with Crippen LogP contribution in [0.25, 0.3) is 0 Å². The van der Waals surface area contributed by atoms with Crippen LogP contribution in [0.1, 0.15) is 31.8 Å². The summed E-state index contributed by atoms with van der Waals surface area (Å²) in [4.78, 5) is 25.0. The number of aryl methyl sites for hydroxylation is 1. The second-order valence-corrected chi connectivity index (χ2v) is 7.46. The Bertz CT molecular complexity index is 1220. The number of carbonyl (C=O) groups excluding carboxylic acids is 2. The number of hydrogen-bond acceptors (Lipinski definition) is 7. The summed E-state index contributed by atoms with van der Waals surface area (Å²) in [5.74, 6) is 0.307. The fourth-order valence-electron chi connectivity index (χ4n) is 3.00. The van der Waals surface area contributed by atoms with Crippen LogP contribution < -0.4 is 24.4 Å². The molecular formula is C25H23ClN2O6. The minimum absolute atomic E-state index is 0.0653. The van der Waals surface area contributed by atoms with E-state index in [1.165, 1.54) is 33.6 Å². The molecule has 0 aromatic heterocycles. The highest BCUT2D eigenvalue weighted by Gasteiger charge is 2.17. The zero-order valence-corrected chi connectivity index (χ0v) is 19.8. The van der Waals surface area contributed by atoms with E-state index in [9.17, 15) is 9.59 Å². The Hall–Kier alpha value is -4.04. The van der Waals surface area contributed by atoms with Crippen molar-refractivity contribution in [1.29, 1.82) is 0 Å². The Kier molecular flexibility index (Phi) is 8.10. The molecule has 3 aromatic carbocycles. The number of hydrogen-bond donors (Lipinski definition) is 1. The lowest BCUT2D eigenvalue weighted by atomic mass is 10.1. The molecule has 8 nitrogen and oxygen atoms in total. The van der Waals surface area contributed by atoms with Crippen molar-refractivity contribution in [3.63, 3.8) is 0 Å². The molecule has 0 aliphatic heterocycles. The minimum Gasteiger partial charge on any atom is -0.497 e. The van der Waals surface area contributed by atoms with E-state index in [0.717, 1.165) is 5.56 Å². The van der Waals surface area contributed by atoms with Gasteiger partial charge in [0.05, 0.1) is 43.7 Å². The zero-order chi connectivity index (χ0) is 24.7. The SMILES string of the molecule is COc1ccc(C(=O)Oc2c(Cl)cc(/C=N\NC(=O)c3ccc(C)cc3OC)cc2OC)cc1. The third kappa shape index (κ3) is 5.85. The molecule has 3 rings (SSSR count). The number of nitrogens with one attached hydrogen (secondary N) is 1. The van der Waals surface area contributed by atoms with Crippen molar-refractivity contribution in [3.8, 4) is 23.0 Å². The zero-order valence-electron chi connectivity index (χ0n) is 19.0. The van der Waals surface area contributed by atoms with Crippen molar-refractivity contribution in [2.24, 2.45) is 5.10 Å². The van der Waals surface area contributed by atoms with Crippen molar-refractivity contribution >= 4 is 29.7 Å². The van der Waals surface area contributed by atoms with Crippen LogP contribution in [0.4, 0.5) is 0 Å². The third-order valence-corrected chi connectivity index (χ3v) is 5.03. The van der Waals surface area contributed by atoms with Crippen LogP contribution in [0, 0.1) is 6.92 Å². The lowest BCUT2D eigenvalue weighted by Gasteiger charge is -2.12. The van der Waals surface area contributed by atoms with Gasteiger partial charge in [0.2, 0.25) is 0 Å². The first-order chi connectivity index (χ1) is 16.4. The topological polar surface area (TPSA) is 95.5 Å². The molecule has 0 bridgehead atoms. The summed E-state index contributed by atoms with van der Waals surface area (Å²) in [7, 11) is 4.45. The molecule has 0 saturated heterocycles. The molecule has 0 aliphatic rings.